The van der Waals surface area contributed by atoms with Crippen LogP contribution in [0.2, 0.25) is 0 Å². The lowest BCUT2D eigenvalue weighted by molar-refractivity contribution is -0.153. The molecule has 1 unspecified atom stereocenters. The summed E-state index contributed by atoms with van der Waals surface area (Å²) in [5.41, 5.74) is 1.01. The standard InChI is InChI=1S/C16H20O3/c1-15(2)13(16(15,3)4)14(17)19-12-9-18-11-8-6-5-7-10(11)12/h5-8,12-13H,9H2,1-4H3. The summed E-state index contributed by atoms with van der Waals surface area (Å²) in [4.78, 5) is 12.3. The Labute approximate surface area is 113 Å². The van der Waals surface area contributed by atoms with Crippen LogP contribution in [-0.2, 0) is 9.53 Å². The zero-order chi connectivity index (χ0) is 13.8. The molecule has 1 atom stereocenters. The van der Waals surface area contributed by atoms with Gasteiger partial charge in [0, 0.05) is 5.56 Å². The lowest BCUT2D eigenvalue weighted by Crippen LogP contribution is -2.16. The van der Waals surface area contributed by atoms with E-state index in [1.54, 1.807) is 0 Å². The van der Waals surface area contributed by atoms with Crippen molar-refractivity contribution in [1.29, 1.82) is 0 Å². The number of rotatable bonds is 2. The minimum absolute atomic E-state index is 0.0169. The molecule has 0 N–H and O–H groups in total. The molecule has 3 heteroatoms. The van der Waals surface area contributed by atoms with Crippen molar-refractivity contribution in [2.24, 2.45) is 16.7 Å². The number of benzene rings is 1. The maximum absolute atomic E-state index is 12.3. The summed E-state index contributed by atoms with van der Waals surface area (Å²) >= 11 is 0. The van der Waals surface area contributed by atoms with E-state index in [-0.39, 0.29) is 28.8 Å². The van der Waals surface area contributed by atoms with Crippen molar-refractivity contribution in [3.8, 4) is 5.75 Å². The topological polar surface area (TPSA) is 35.5 Å². The van der Waals surface area contributed by atoms with Crippen LogP contribution in [0, 0.1) is 16.7 Å². The van der Waals surface area contributed by atoms with Crippen LogP contribution in [0.1, 0.15) is 39.4 Å². The van der Waals surface area contributed by atoms with Crippen LogP contribution in [0.3, 0.4) is 0 Å². The summed E-state index contributed by atoms with van der Waals surface area (Å²) in [5.74, 6) is 0.711. The SMILES string of the molecule is CC1(C)C(C(=O)OC2COc3ccccc32)C1(C)C. The lowest BCUT2D eigenvalue weighted by Gasteiger charge is -2.12. The van der Waals surface area contributed by atoms with Gasteiger partial charge in [0.15, 0.2) is 6.10 Å². The minimum atomic E-state index is -0.254. The molecule has 1 aromatic carbocycles. The lowest BCUT2D eigenvalue weighted by atomic mass is 10.0. The number of esters is 1. The predicted octanol–water partition coefficient (Wildman–Crippen LogP) is 3.35. The fourth-order valence-corrected chi connectivity index (χ4v) is 3.22. The molecule has 1 aliphatic heterocycles. The van der Waals surface area contributed by atoms with Crippen LogP contribution in [0.4, 0.5) is 0 Å². The molecule has 0 bridgehead atoms. The Balaban J connectivity index is 1.73. The first kappa shape index (κ1) is 12.5. The Morgan fingerprint density at radius 2 is 1.84 bits per heavy atom. The van der Waals surface area contributed by atoms with Crippen LogP contribution in [0.15, 0.2) is 24.3 Å². The third kappa shape index (κ3) is 1.67. The van der Waals surface area contributed by atoms with E-state index in [1.165, 1.54) is 0 Å². The van der Waals surface area contributed by atoms with Gasteiger partial charge in [0.25, 0.3) is 0 Å². The second kappa shape index (κ2) is 3.75. The van der Waals surface area contributed by atoms with Crippen LogP contribution < -0.4 is 4.74 Å². The number of hydrogen-bond acceptors (Lipinski definition) is 3. The molecule has 1 saturated carbocycles. The van der Waals surface area contributed by atoms with E-state index in [0.717, 1.165) is 11.3 Å². The van der Waals surface area contributed by atoms with Crippen molar-refractivity contribution >= 4 is 5.97 Å². The number of ether oxygens (including phenoxy) is 2. The number of carbonyl (C=O) groups excluding carboxylic acids is 1. The van der Waals surface area contributed by atoms with Crippen LogP contribution in [-0.4, -0.2) is 12.6 Å². The van der Waals surface area contributed by atoms with Crippen molar-refractivity contribution in [2.45, 2.75) is 33.8 Å². The molecule has 19 heavy (non-hydrogen) atoms. The summed E-state index contributed by atoms with van der Waals surface area (Å²) in [6.45, 7) is 8.92. The molecule has 0 spiro atoms. The highest BCUT2D eigenvalue weighted by atomic mass is 16.6. The molecular weight excluding hydrogens is 240 g/mol. The summed E-state index contributed by atoms with van der Waals surface area (Å²) in [6.07, 6.45) is -0.254. The number of hydrogen-bond donors (Lipinski definition) is 0. The smallest absolute Gasteiger partial charge is 0.310 e. The van der Waals surface area contributed by atoms with E-state index in [4.69, 9.17) is 9.47 Å². The van der Waals surface area contributed by atoms with E-state index in [2.05, 4.69) is 27.7 Å². The van der Waals surface area contributed by atoms with E-state index in [1.807, 2.05) is 24.3 Å². The molecule has 1 aromatic rings. The van der Waals surface area contributed by atoms with Gasteiger partial charge in [-0.3, -0.25) is 4.79 Å². The Morgan fingerprint density at radius 3 is 2.47 bits per heavy atom. The Morgan fingerprint density at radius 1 is 1.21 bits per heavy atom. The van der Waals surface area contributed by atoms with Crippen molar-refractivity contribution in [3.05, 3.63) is 29.8 Å². The van der Waals surface area contributed by atoms with Gasteiger partial charge in [-0.1, -0.05) is 45.9 Å². The quantitative estimate of drug-likeness (QED) is 0.765. The average Bonchev–Trinajstić information content (AvgIpc) is 2.64. The minimum Gasteiger partial charge on any atom is -0.489 e. The molecule has 3 nitrogen and oxygen atoms in total. The van der Waals surface area contributed by atoms with Crippen molar-refractivity contribution in [2.75, 3.05) is 6.61 Å². The van der Waals surface area contributed by atoms with Crippen LogP contribution in [0.5, 0.6) is 5.75 Å². The molecule has 2 aliphatic rings. The first-order valence-electron chi connectivity index (χ1n) is 6.78. The average molecular weight is 260 g/mol. The van der Waals surface area contributed by atoms with Gasteiger partial charge in [-0.05, 0) is 16.9 Å². The van der Waals surface area contributed by atoms with E-state index < -0.39 is 0 Å². The second-order valence-electron chi connectivity index (χ2n) is 6.65. The highest BCUT2D eigenvalue weighted by Crippen LogP contribution is 2.68. The Bertz CT molecular complexity index is 517. The van der Waals surface area contributed by atoms with Crippen LogP contribution >= 0.6 is 0 Å². The zero-order valence-corrected chi connectivity index (χ0v) is 11.9. The first-order valence-corrected chi connectivity index (χ1v) is 6.78. The predicted molar refractivity (Wildman–Crippen MR) is 71.8 cm³/mol. The van der Waals surface area contributed by atoms with Crippen LogP contribution in [0.25, 0.3) is 0 Å². The molecule has 102 valence electrons. The molecule has 0 saturated heterocycles. The molecule has 1 fully saturated rings. The summed E-state index contributed by atoms with van der Waals surface area (Å²) in [7, 11) is 0. The van der Waals surface area contributed by atoms with E-state index in [9.17, 15) is 4.79 Å². The number of carbonyl (C=O) groups is 1. The maximum Gasteiger partial charge on any atom is 0.310 e. The van der Waals surface area contributed by atoms with Gasteiger partial charge in [-0.2, -0.15) is 0 Å². The zero-order valence-electron chi connectivity index (χ0n) is 11.9. The summed E-state index contributed by atoms with van der Waals surface area (Å²) in [5, 5.41) is 0. The molecular formula is C16H20O3. The molecule has 3 rings (SSSR count). The van der Waals surface area contributed by atoms with Gasteiger partial charge in [0.2, 0.25) is 0 Å². The largest absolute Gasteiger partial charge is 0.489 e. The van der Waals surface area contributed by atoms with Gasteiger partial charge in [0.1, 0.15) is 12.4 Å². The van der Waals surface area contributed by atoms with E-state index in [0.29, 0.717) is 6.61 Å². The second-order valence-corrected chi connectivity index (χ2v) is 6.65. The van der Waals surface area contributed by atoms with Crippen molar-refractivity contribution in [1.82, 2.24) is 0 Å². The number of fused-ring (bicyclic) bond motifs is 1. The van der Waals surface area contributed by atoms with Gasteiger partial charge in [-0.25, -0.2) is 0 Å². The first-order chi connectivity index (χ1) is 8.85. The highest BCUT2D eigenvalue weighted by Gasteiger charge is 2.69. The Kier molecular flexibility index (Phi) is 2.47. The number of para-hydroxylation sites is 1. The summed E-state index contributed by atoms with van der Waals surface area (Å²) < 4.78 is 11.2. The van der Waals surface area contributed by atoms with Gasteiger partial charge in [-0.15, -0.1) is 0 Å². The molecule has 0 amide bonds. The fourth-order valence-electron chi connectivity index (χ4n) is 3.22. The third-order valence-corrected chi connectivity index (χ3v) is 5.17. The molecule has 0 radical (unpaired) electrons. The van der Waals surface area contributed by atoms with Gasteiger partial charge >= 0.3 is 5.97 Å². The highest BCUT2D eigenvalue weighted by molar-refractivity contribution is 5.79. The third-order valence-electron chi connectivity index (χ3n) is 5.17. The van der Waals surface area contributed by atoms with Crippen molar-refractivity contribution in [3.63, 3.8) is 0 Å². The van der Waals surface area contributed by atoms with Crippen molar-refractivity contribution < 1.29 is 14.3 Å². The fraction of sp³-hybridized carbons (Fsp3) is 0.562. The molecule has 1 aliphatic carbocycles. The Hall–Kier alpha value is -1.51. The molecule has 1 heterocycles. The normalized spacial score (nSPS) is 26.4. The monoisotopic (exact) mass is 260 g/mol. The maximum atomic E-state index is 12.3. The van der Waals surface area contributed by atoms with Gasteiger partial charge < -0.3 is 9.47 Å². The summed E-state index contributed by atoms with van der Waals surface area (Å²) in [6, 6.07) is 7.74. The van der Waals surface area contributed by atoms with Gasteiger partial charge in [0.05, 0.1) is 5.92 Å². The molecule has 0 aromatic heterocycles. The van der Waals surface area contributed by atoms with E-state index >= 15 is 0 Å².